The molecular formula is C62H93N11O2. The van der Waals surface area contributed by atoms with Gasteiger partial charge in [-0.2, -0.15) is 0 Å². The summed E-state index contributed by atoms with van der Waals surface area (Å²) in [7, 11) is 0. The van der Waals surface area contributed by atoms with Crippen molar-refractivity contribution >= 4 is 23.2 Å². The van der Waals surface area contributed by atoms with Crippen LogP contribution in [0.5, 0.6) is 0 Å². The molecule has 2 atom stereocenters. The van der Waals surface area contributed by atoms with Crippen LogP contribution in [-0.4, -0.2) is 105 Å². The Hall–Kier alpha value is -4.92. The van der Waals surface area contributed by atoms with Gasteiger partial charge in [-0.25, -0.2) is 0 Å². The molecule has 0 unspecified atom stereocenters. The molecule has 8 rings (SSSR count). The molecule has 2 fully saturated rings. The maximum absolute atomic E-state index is 13.8. The zero-order chi connectivity index (χ0) is 51.9. The molecule has 13 heteroatoms. The highest BCUT2D eigenvalue weighted by molar-refractivity contribution is 5.82. The van der Waals surface area contributed by atoms with E-state index in [0.717, 1.165) is 146 Å². The van der Waals surface area contributed by atoms with Gasteiger partial charge in [0.2, 0.25) is 11.8 Å². The van der Waals surface area contributed by atoms with Crippen LogP contribution in [0.2, 0.25) is 0 Å². The van der Waals surface area contributed by atoms with Crippen molar-refractivity contribution < 1.29 is 9.59 Å². The van der Waals surface area contributed by atoms with E-state index in [2.05, 4.69) is 94.2 Å². The van der Waals surface area contributed by atoms with E-state index in [4.69, 9.17) is 0 Å². The SMILES string of the molecule is C[C@H](CCCc1ccccn1)C(=O)NCc1cc(-c2cc(CNC(=O)[C@H](C)NCc3ccccn3)c3c(c2)N(CCNCCCNC2CCCCC2)CC3)cc2c1CCCN2CCCNCCCNC1CCCCC1. The number of fused-ring (bicyclic) bond motifs is 2. The van der Waals surface area contributed by atoms with Crippen LogP contribution in [0.1, 0.15) is 150 Å². The molecule has 2 amide bonds. The normalized spacial score (nSPS) is 16.9. The topological polar surface area (TPSA) is 151 Å². The number of amides is 2. The maximum atomic E-state index is 13.8. The number of benzene rings is 2. The number of nitrogens with one attached hydrogen (secondary N) is 7. The quantitative estimate of drug-likeness (QED) is 0.0243. The summed E-state index contributed by atoms with van der Waals surface area (Å²) < 4.78 is 0. The number of rotatable bonds is 31. The summed E-state index contributed by atoms with van der Waals surface area (Å²) in [6, 6.07) is 22.5. The van der Waals surface area contributed by atoms with Crippen LogP contribution in [0.15, 0.2) is 73.1 Å². The van der Waals surface area contributed by atoms with E-state index >= 15 is 0 Å². The molecule has 2 saturated carbocycles. The van der Waals surface area contributed by atoms with Crippen molar-refractivity contribution in [2.24, 2.45) is 5.92 Å². The van der Waals surface area contributed by atoms with E-state index in [1.807, 2.05) is 43.5 Å². The van der Waals surface area contributed by atoms with E-state index in [9.17, 15) is 9.59 Å². The maximum Gasteiger partial charge on any atom is 0.237 e. The van der Waals surface area contributed by atoms with Crippen molar-refractivity contribution in [3.05, 3.63) is 107 Å². The van der Waals surface area contributed by atoms with Gasteiger partial charge in [0.15, 0.2) is 0 Å². The van der Waals surface area contributed by atoms with Gasteiger partial charge in [-0.05, 0) is 205 Å². The predicted molar refractivity (Wildman–Crippen MR) is 308 cm³/mol. The second-order valence-corrected chi connectivity index (χ2v) is 22.2. The molecule has 7 N–H and O–H groups in total. The van der Waals surface area contributed by atoms with E-state index < -0.39 is 0 Å². The largest absolute Gasteiger partial charge is 0.371 e. The summed E-state index contributed by atoms with van der Waals surface area (Å²) >= 11 is 0. The molecule has 4 heterocycles. The number of hydrogen-bond donors (Lipinski definition) is 7. The zero-order valence-corrected chi connectivity index (χ0v) is 46.0. The first-order valence-corrected chi connectivity index (χ1v) is 29.7. The number of hydrogen-bond acceptors (Lipinski definition) is 11. The predicted octanol–water partition coefficient (Wildman–Crippen LogP) is 8.52. The third kappa shape index (κ3) is 17.8. The molecule has 0 saturated heterocycles. The minimum absolute atomic E-state index is 0.0267. The average Bonchev–Trinajstić information content (AvgIpc) is 3.87. The van der Waals surface area contributed by atoms with Crippen molar-refractivity contribution in [1.29, 1.82) is 0 Å². The highest BCUT2D eigenvalue weighted by atomic mass is 16.2. The molecular weight excluding hydrogens is 931 g/mol. The summed E-state index contributed by atoms with van der Waals surface area (Å²) in [5.74, 6) is -0.0196. The number of aryl methyl sites for hydroxylation is 1. The molecule has 2 aromatic carbocycles. The van der Waals surface area contributed by atoms with Gasteiger partial charge in [-0.3, -0.25) is 19.6 Å². The molecule has 75 heavy (non-hydrogen) atoms. The van der Waals surface area contributed by atoms with Crippen LogP contribution in [0.4, 0.5) is 11.4 Å². The van der Waals surface area contributed by atoms with Gasteiger partial charge in [0.05, 0.1) is 11.7 Å². The molecule has 0 radical (unpaired) electrons. The summed E-state index contributed by atoms with van der Waals surface area (Å²) in [6.45, 7) is 15.5. The minimum atomic E-state index is -0.380. The lowest BCUT2D eigenvalue weighted by atomic mass is 9.90. The third-order valence-electron chi connectivity index (χ3n) is 16.5. The van der Waals surface area contributed by atoms with Crippen LogP contribution in [0, 0.1) is 5.92 Å². The Kier molecular flexibility index (Phi) is 23.1. The number of pyridine rings is 2. The highest BCUT2D eigenvalue weighted by Crippen LogP contribution is 2.40. The van der Waals surface area contributed by atoms with Crippen molar-refractivity contribution in [1.82, 2.24) is 47.2 Å². The fourth-order valence-corrected chi connectivity index (χ4v) is 11.9. The van der Waals surface area contributed by atoms with E-state index in [1.54, 1.807) is 6.20 Å². The first-order chi connectivity index (χ1) is 36.9. The monoisotopic (exact) mass is 1020 g/mol. The Labute approximate surface area is 450 Å². The van der Waals surface area contributed by atoms with Gasteiger partial charge in [0.1, 0.15) is 0 Å². The Bertz CT molecular complexity index is 2320. The van der Waals surface area contributed by atoms with Gasteiger partial charge in [-0.1, -0.05) is 57.6 Å². The number of nitrogens with zero attached hydrogens (tertiary/aromatic N) is 4. The van der Waals surface area contributed by atoms with Crippen molar-refractivity contribution in [2.75, 3.05) is 75.2 Å². The standard InChI is InChI=1S/C62H93N11O2/c1-47(18-13-25-55-23-9-11-31-65-55)61(74)70-44-51-40-49(42-59-57(51)26-14-36-72(59)37-17-30-63-28-15-33-66-53-19-5-3-6-20-53)50-41-52(45-71-62(75)48(2)69-46-56-24-10-12-32-68-56)58-27-38-73(60(58)43-50)39-35-64-29-16-34-67-54-21-7-4-8-22-54/h9-12,23-24,31-32,40-43,47-48,53-54,63-64,66-67,69H,3-8,13-22,25-30,33-39,44-46H2,1-2H3,(H,70,74)(H,71,75)/t47-,48+/m1/s1. The summed E-state index contributed by atoms with van der Waals surface area (Å²) in [4.78, 5) is 41.6. The van der Waals surface area contributed by atoms with Crippen LogP contribution in [0.25, 0.3) is 11.1 Å². The number of aromatic nitrogens is 2. The second kappa shape index (κ2) is 30.7. The fourth-order valence-electron chi connectivity index (χ4n) is 11.9. The van der Waals surface area contributed by atoms with Crippen molar-refractivity contribution in [3.63, 3.8) is 0 Å². The van der Waals surface area contributed by atoms with Gasteiger partial charge in [-0.15, -0.1) is 0 Å². The lowest BCUT2D eigenvalue weighted by Gasteiger charge is -2.34. The van der Waals surface area contributed by atoms with Crippen molar-refractivity contribution in [3.8, 4) is 11.1 Å². The molecule has 13 nitrogen and oxygen atoms in total. The molecule has 4 aliphatic rings. The van der Waals surface area contributed by atoms with Gasteiger partial charge >= 0.3 is 0 Å². The molecule has 408 valence electrons. The van der Waals surface area contributed by atoms with Gasteiger partial charge in [0, 0.05) is 99.8 Å². The van der Waals surface area contributed by atoms with Gasteiger partial charge < -0.3 is 47.0 Å². The molecule has 2 aromatic heterocycles. The highest BCUT2D eigenvalue weighted by Gasteiger charge is 2.27. The van der Waals surface area contributed by atoms with E-state index in [1.165, 1.54) is 97.8 Å². The molecule has 0 bridgehead atoms. The van der Waals surface area contributed by atoms with Crippen LogP contribution >= 0.6 is 0 Å². The smallest absolute Gasteiger partial charge is 0.237 e. The van der Waals surface area contributed by atoms with Crippen LogP contribution < -0.4 is 47.0 Å². The Morgan fingerprint density at radius 1 is 0.573 bits per heavy atom. The third-order valence-corrected chi connectivity index (χ3v) is 16.5. The molecule has 2 aliphatic heterocycles. The van der Waals surface area contributed by atoms with Gasteiger partial charge in [0.25, 0.3) is 0 Å². The molecule has 0 spiro atoms. The first kappa shape index (κ1) is 56.3. The fraction of sp³-hybridized carbons (Fsp3) is 0.613. The first-order valence-electron chi connectivity index (χ1n) is 29.7. The summed E-state index contributed by atoms with van der Waals surface area (Å²) in [5.41, 5.74) is 11.9. The van der Waals surface area contributed by atoms with E-state index in [0.29, 0.717) is 31.7 Å². The van der Waals surface area contributed by atoms with Crippen LogP contribution in [-0.2, 0) is 48.5 Å². The minimum Gasteiger partial charge on any atom is -0.371 e. The average molecular weight is 1020 g/mol. The lowest BCUT2D eigenvalue weighted by molar-refractivity contribution is -0.125. The summed E-state index contributed by atoms with van der Waals surface area (Å²) in [5, 5.41) is 25.2. The number of anilines is 2. The number of carbonyl (C=O) groups is 2. The number of carbonyl (C=O) groups excluding carboxylic acids is 2. The van der Waals surface area contributed by atoms with Crippen LogP contribution in [0.3, 0.4) is 0 Å². The Morgan fingerprint density at radius 2 is 1.15 bits per heavy atom. The van der Waals surface area contributed by atoms with Crippen molar-refractivity contribution in [2.45, 2.75) is 174 Å². The summed E-state index contributed by atoms with van der Waals surface area (Å²) in [6.07, 6.45) is 26.2. The molecule has 4 aromatic rings. The second-order valence-electron chi connectivity index (χ2n) is 22.2. The zero-order valence-electron chi connectivity index (χ0n) is 46.0. The lowest BCUT2D eigenvalue weighted by Crippen LogP contribution is -2.41. The Morgan fingerprint density at radius 3 is 1.77 bits per heavy atom. The van der Waals surface area contributed by atoms with E-state index in [-0.39, 0.29) is 23.8 Å². The Balaban J connectivity index is 0.980. The molecule has 2 aliphatic carbocycles.